The van der Waals surface area contributed by atoms with E-state index in [1.54, 1.807) is 26.0 Å². The van der Waals surface area contributed by atoms with Gasteiger partial charge >= 0.3 is 5.97 Å². The van der Waals surface area contributed by atoms with Crippen molar-refractivity contribution in [1.82, 2.24) is 4.72 Å². The maximum absolute atomic E-state index is 12.1. The summed E-state index contributed by atoms with van der Waals surface area (Å²) in [6.45, 7) is 5.28. The van der Waals surface area contributed by atoms with Gasteiger partial charge in [0.2, 0.25) is 10.0 Å². The molecule has 1 atom stereocenters. The fraction of sp³-hybridized carbons (Fsp3) is 0.462. The summed E-state index contributed by atoms with van der Waals surface area (Å²) in [5.74, 6) is -1.51. The highest BCUT2D eigenvalue weighted by Gasteiger charge is 2.27. The number of aryl methyl sites for hydroxylation is 1. The molecule has 5 nitrogen and oxygen atoms in total. The van der Waals surface area contributed by atoms with Crippen LogP contribution in [0, 0.1) is 5.92 Å². The number of sulfonamides is 1. The van der Waals surface area contributed by atoms with E-state index in [1.165, 1.54) is 12.1 Å². The van der Waals surface area contributed by atoms with E-state index in [4.69, 9.17) is 5.11 Å². The highest BCUT2D eigenvalue weighted by Crippen LogP contribution is 2.13. The van der Waals surface area contributed by atoms with Gasteiger partial charge in [0.1, 0.15) is 6.04 Å². The van der Waals surface area contributed by atoms with Crippen LogP contribution in [-0.2, 0) is 21.2 Å². The molecule has 0 aliphatic carbocycles. The van der Waals surface area contributed by atoms with Gasteiger partial charge in [0, 0.05) is 0 Å². The fourth-order valence-electron chi connectivity index (χ4n) is 1.61. The average molecular weight is 285 g/mol. The van der Waals surface area contributed by atoms with Crippen molar-refractivity contribution in [3.8, 4) is 0 Å². The first-order chi connectivity index (χ1) is 8.77. The molecule has 0 amide bonds. The summed E-state index contributed by atoms with van der Waals surface area (Å²) in [4.78, 5) is 11.1. The molecule has 0 aliphatic rings. The SMILES string of the molecule is CCc1ccc(S(=O)(=O)N[C@H](C(=O)O)C(C)C)cc1. The van der Waals surface area contributed by atoms with Crippen molar-refractivity contribution in [2.75, 3.05) is 0 Å². The third kappa shape index (κ3) is 4.04. The smallest absolute Gasteiger partial charge is 0.322 e. The lowest BCUT2D eigenvalue weighted by Crippen LogP contribution is -2.44. The van der Waals surface area contributed by atoms with Crippen LogP contribution >= 0.6 is 0 Å². The van der Waals surface area contributed by atoms with Crippen LogP contribution in [-0.4, -0.2) is 25.5 Å². The lowest BCUT2D eigenvalue weighted by molar-refractivity contribution is -0.140. The van der Waals surface area contributed by atoms with Gasteiger partial charge < -0.3 is 5.11 Å². The van der Waals surface area contributed by atoms with Crippen molar-refractivity contribution in [1.29, 1.82) is 0 Å². The molecule has 106 valence electrons. The summed E-state index contributed by atoms with van der Waals surface area (Å²) in [6.07, 6.45) is 0.817. The zero-order chi connectivity index (χ0) is 14.6. The Bertz CT molecular complexity index is 534. The van der Waals surface area contributed by atoms with E-state index in [9.17, 15) is 13.2 Å². The van der Waals surface area contributed by atoms with Crippen molar-refractivity contribution in [3.05, 3.63) is 29.8 Å². The van der Waals surface area contributed by atoms with Gasteiger partial charge in [0.05, 0.1) is 4.90 Å². The van der Waals surface area contributed by atoms with Gasteiger partial charge in [0.25, 0.3) is 0 Å². The quantitative estimate of drug-likeness (QED) is 0.832. The Labute approximate surface area is 113 Å². The van der Waals surface area contributed by atoms with Crippen LogP contribution in [0.25, 0.3) is 0 Å². The standard InChI is InChI=1S/C13H19NO4S/c1-4-10-5-7-11(8-6-10)19(17,18)14-12(9(2)3)13(15)16/h5-9,12,14H,4H2,1-3H3,(H,15,16)/t12-/m0/s1. The Morgan fingerprint density at radius 1 is 1.26 bits per heavy atom. The predicted molar refractivity (Wildman–Crippen MR) is 72.4 cm³/mol. The number of nitrogens with one attached hydrogen (secondary N) is 1. The minimum absolute atomic E-state index is 0.0802. The molecule has 1 aromatic rings. The lowest BCUT2D eigenvalue weighted by atomic mass is 10.1. The first-order valence-electron chi connectivity index (χ1n) is 6.12. The normalized spacial score (nSPS) is 13.5. The van der Waals surface area contributed by atoms with E-state index in [0.717, 1.165) is 12.0 Å². The molecular formula is C13H19NO4S. The zero-order valence-electron chi connectivity index (χ0n) is 11.3. The van der Waals surface area contributed by atoms with Crippen LogP contribution in [0.15, 0.2) is 29.2 Å². The molecule has 1 aromatic carbocycles. The van der Waals surface area contributed by atoms with Crippen LogP contribution in [0.5, 0.6) is 0 Å². The van der Waals surface area contributed by atoms with Crippen LogP contribution in [0.1, 0.15) is 26.3 Å². The van der Waals surface area contributed by atoms with Gasteiger partial charge in [-0.25, -0.2) is 8.42 Å². The molecule has 0 radical (unpaired) electrons. The number of hydrogen-bond donors (Lipinski definition) is 2. The molecular weight excluding hydrogens is 266 g/mol. The van der Waals surface area contributed by atoms with Crippen molar-refractivity contribution in [2.24, 2.45) is 5.92 Å². The van der Waals surface area contributed by atoms with E-state index in [0.29, 0.717) is 0 Å². The van der Waals surface area contributed by atoms with Crippen LogP contribution in [0.2, 0.25) is 0 Å². The number of aliphatic carboxylic acids is 1. The van der Waals surface area contributed by atoms with Crippen LogP contribution in [0.4, 0.5) is 0 Å². The monoisotopic (exact) mass is 285 g/mol. The van der Waals surface area contributed by atoms with Crippen molar-refractivity contribution in [2.45, 2.75) is 38.1 Å². The number of carboxylic acid groups (broad SMARTS) is 1. The Morgan fingerprint density at radius 2 is 1.79 bits per heavy atom. The molecule has 0 heterocycles. The van der Waals surface area contributed by atoms with Crippen molar-refractivity contribution in [3.63, 3.8) is 0 Å². The Kier molecular flexibility index (Phi) is 5.08. The first-order valence-corrected chi connectivity index (χ1v) is 7.60. The molecule has 0 aliphatic heterocycles. The number of rotatable bonds is 6. The van der Waals surface area contributed by atoms with Crippen molar-refractivity contribution < 1.29 is 18.3 Å². The molecule has 0 saturated carbocycles. The highest BCUT2D eigenvalue weighted by atomic mass is 32.2. The molecule has 19 heavy (non-hydrogen) atoms. The molecule has 2 N–H and O–H groups in total. The van der Waals surface area contributed by atoms with Gasteiger partial charge in [0.15, 0.2) is 0 Å². The summed E-state index contributed by atoms with van der Waals surface area (Å²) < 4.78 is 26.4. The molecule has 0 unspecified atom stereocenters. The van der Waals surface area contributed by atoms with Gasteiger partial charge in [-0.3, -0.25) is 4.79 Å². The van der Waals surface area contributed by atoms with Gasteiger partial charge in [-0.2, -0.15) is 4.72 Å². The van der Waals surface area contributed by atoms with Gasteiger partial charge in [-0.05, 0) is 30.0 Å². The summed E-state index contributed by atoms with van der Waals surface area (Å²) in [7, 11) is -3.81. The summed E-state index contributed by atoms with van der Waals surface area (Å²) >= 11 is 0. The average Bonchev–Trinajstić information content (AvgIpc) is 2.35. The van der Waals surface area contributed by atoms with E-state index in [2.05, 4.69) is 4.72 Å². The topological polar surface area (TPSA) is 83.5 Å². The third-order valence-electron chi connectivity index (χ3n) is 2.86. The third-order valence-corrected chi connectivity index (χ3v) is 4.31. The Morgan fingerprint density at radius 3 is 2.16 bits per heavy atom. The predicted octanol–water partition coefficient (Wildman–Crippen LogP) is 1.64. The minimum Gasteiger partial charge on any atom is -0.480 e. The Balaban J connectivity index is 2.99. The minimum atomic E-state index is -3.81. The summed E-state index contributed by atoms with van der Waals surface area (Å²) in [5.41, 5.74) is 1.03. The second-order valence-electron chi connectivity index (χ2n) is 4.68. The van der Waals surface area contributed by atoms with Crippen LogP contribution in [0.3, 0.4) is 0 Å². The second-order valence-corrected chi connectivity index (χ2v) is 6.39. The fourth-order valence-corrected chi connectivity index (χ4v) is 2.95. The Hall–Kier alpha value is -1.40. The zero-order valence-corrected chi connectivity index (χ0v) is 12.1. The molecule has 0 saturated heterocycles. The molecule has 1 rings (SSSR count). The number of carboxylic acids is 1. The van der Waals surface area contributed by atoms with E-state index in [-0.39, 0.29) is 10.8 Å². The van der Waals surface area contributed by atoms with Gasteiger partial charge in [-0.15, -0.1) is 0 Å². The molecule has 0 bridgehead atoms. The molecule has 0 spiro atoms. The largest absolute Gasteiger partial charge is 0.480 e. The van der Waals surface area contributed by atoms with Crippen molar-refractivity contribution >= 4 is 16.0 Å². The molecule has 0 aromatic heterocycles. The van der Waals surface area contributed by atoms with Crippen LogP contribution < -0.4 is 4.72 Å². The second kappa shape index (κ2) is 6.16. The van der Waals surface area contributed by atoms with Gasteiger partial charge in [-0.1, -0.05) is 32.9 Å². The summed E-state index contributed by atoms with van der Waals surface area (Å²) in [5, 5.41) is 9.01. The highest BCUT2D eigenvalue weighted by molar-refractivity contribution is 7.89. The van der Waals surface area contributed by atoms with E-state index < -0.39 is 22.0 Å². The maximum atomic E-state index is 12.1. The first kappa shape index (κ1) is 15.7. The number of carbonyl (C=O) groups is 1. The maximum Gasteiger partial charge on any atom is 0.322 e. The molecule has 6 heteroatoms. The van der Waals surface area contributed by atoms with E-state index >= 15 is 0 Å². The number of hydrogen-bond acceptors (Lipinski definition) is 3. The number of benzene rings is 1. The molecule has 0 fully saturated rings. The summed E-state index contributed by atoms with van der Waals surface area (Å²) in [6, 6.07) is 5.29. The van der Waals surface area contributed by atoms with E-state index in [1.807, 2.05) is 6.92 Å². The lowest BCUT2D eigenvalue weighted by Gasteiger charge is -2.18.